The highest BCUT2D eigenvalue weighted by Crippen LogP contribution is 2.30. The van der Waals surface area contributed by atoms with Crippen molar-refractivity contribution < 1.29 is 4.74 Å². The molecule has 0 spiro atoms. The van der Waals surface area contributed by atoms with Crippen molar-refractivity contribution in [2.75, 3.05) is 7.11 Å². The highest BCUT2D eigenvalue weighted by atomic mass is 32.1. The molecule has 2 heterocycles. The number of nitrogens with zero attached hydrogens (tertiary/aromatic N) is 3. The van der Waals surface area contributed by atoms with Crippen molar-refractivity contribution in [2.24, 2.45) is 0 Å². The first-order valence-corrected chi connectivity index (χ1v) is 6.87. The van der Waals surface area contributed by atoms with E-state index < -0.39 is 0 Å². The minimum atomic E-state index is 0.0696. The monoisotopic (exact) mass is 278 g/mol. The zero-order valence-corrected chi connectivity index (χ0v) is 12.4. The third kappa shape index (κ3) is 3.71. The van der Waals surface area contributed by atoms with E-state index in [2.05, 4.69) is 41.3 Å². The molecule has 2 rings (SSSR count). The van der Waals surface area contributed by atoms with Crippen LogP contribution in [0.5, 0.6) is 5.75 Å². The van der Waals surface area contributed by atoms with E-state index in [1.807, 2.05) is 6.07 Å². The third-order valence-electron chi connectivity index (χ3n) is 2.47. The molecular formula is C13H18N4OS. The maximum atomic E-state index is 5.28. The maximum Gasteiger partial charge on any atom is 0.151 e. The van der Waals surface area contributed by atoms with Crippen molar-refractivity contribution >= 4 is 11.3 Å². The second-order valence-electron chi connectivity index (χ2n) is 5.18. The molecule has 6 heteroatoms. The van der Waals surface area contributed by atoms with Crippen LogP contribution in [0.2, 0.25) is 0 Å². The van der Waals surface area contributed by atoms with Gasteiger partial charge < -0.3 is 10.1 Å². The number of methoxy groups -OCH3 is 1. The lowest BCUT2D eigenvalue weighted by molar-refractivity contribution is 0.414. The Morgan fingerprint density at radius 1 is 1.32 bits per heavy atom. The molecule has 0 fully saturated rings. The normalized spacial score (nSPS) is 11.6. The molecule has 5 nitrogen and oxygen atoms in total. The summed E-state index contributed by atoms with van der Waals surface area (Å²) in [5.74, 6) is 0.717. The molecule has 2 aromatic heterocycles. The molecule has 102 valence electrons. The van der Waals surface area contributed by atoms with Gasteiger partial charge >= 0.3 is 0 Å². The fourth-order valence-electron chi connectivity index (χ4n) is 1.49. The second-order valence-corrected chi connectivity index (χ2v) is 6.24. The average molecular weight is 278 g/mol. The molecule has 2 aromatic rings. The first kappa shape index (κ1) is 13.9. The van der Waals surface area contributed by atoms with Crippen molar-refractivity contribution in [3.63, 3.8) is 0 Å². The minimum absolute atomic E-state index is 0.0696. The molecule has 0 unspecified atom stereocenters. The predicted octanol–water partition coefficient (Wildman–Crippen LogP) is 2.50. The Labute approximate surface area is 117 Å². The van der Waals surface area contributed by atoms with Crippen molar-refractivity contribution in [3.8, 4) is 16.3 Å². The third-order valence-corrected chi connectivity index (χ3v) is 3.43. The summed E-state index contributed by atoms with van der Waals surface area (Å²) in [7, 11) is 1.63. The molecule has 0 aliphatic rings. The summed E-state index contributed by atoms with van der Waals surface area (Å²) >= 11 is 1.56. The molecular weight excluding hydrogens is 260 g/mol. The van der Waals surface area contributed by atoms with Gasteiger partial charge in [0.15, 0.2) is 5.01 Å². The highest BCUT2D eigenvalue weighted by molar-refractivity contribution is 7.14. The van der Waals surface area contributed by atoms with E-state index >= 15 is 0 Å². The summed E-state index contributed by atoms with van der Waals surface area (Å²) in [4.78, 5) is 4.04. The number of ether oxygens (including phenoxy) is 1. The lowest BCUT2D eigenvalue weighted by Gasteiger charge is -2.19. The highest BCUT2D eigenvalue weighted by Gasteiger charge is 2.14. The van der Waals surface area contributed by atoms with E-state index in [4.69, 9.17) is 4.74 Å². The van der Waals surface area contributed by atoms with Gasteiger partial charge in [-0.3, -0.25) is 4.98 Å². The Hall–Kier alpha value is -1.53. The molecule has 0 aliphatic heterocycles. The zero-order chi connectivity index (χ0) is 13.9. The zero-order valence-electron chi connectivity index (χ0n) is 11.6. The molecule has 0 aromatic carbocycles. The number of aromatic nitrogens is 3. The van der Waals surface area contributed by atoms with E-state index in [9.17, 15) is 0 Å². The van der Waals surface area contributed by atoms with Gasteiger partial charge in [0, 0.05) is 11.7 Å². The first-order valence-electron chi connectivity index (χ1n) is 6.05. The second kappa shape index (κ2) is 5.63. The molecule has 1 N–H and O–H groups in total. The van der Waals surface area contributed by atoms with Gasteiger partial charge in [0.25, 0.3) is 0 Å². The lowest BCUT2D eigenvalue weighted by Crippen LogP contribution is -2.35. The van der Waals surface area contributed by atoms with E-state index in [1.165, 1.54) is 0 Å². The summed E-state index contributed by atoms with van der Waals surface area (Å²) in [6, 6.07) is 1.89. The standard InChI is InChI=1S/C13H18N4OS/c1-13(2,3)15-8-11-16-17-12(19-11)9-5-6-14-7-10(9)18-4/h5-7,15H,8H2,1-4H3. The van der Waals surface area contributed by atoms with Crippen LogP contribution in [0.4, 0.5) is 0 Å². The number of hydrogen-bond donors (Lipinski definition) is 1. The van der Waals surface area contributed by atoms with Gasteiger partial charge in [-0.15, -0.1) is 10.2 Å². The molecule has 0 saturated carbocycles. The van der Waals surface area contributed by atoms with Crippen LogP contribution < -0.4 is 10.1 Å². The van der Waals surface area contributed by atoms with Gasteiger partial charge in [0.05, 0.1) is 25.4 Å². The summed E-state index contributed by atoms with van der Waals surface area (Å²) < 4.78 is 5.28. The van der Waals surface area contributed by atoms with Gasteiger partial charge in [-0.25, -0.2) is 0 Å². The largest absolute Gasteiger partial charge is 0.494 e. The van der Waals surface area contributed by atoms with Gasteiger partial charge in [-0.1, -0.05) is 11.3 Å². The van der Waals surface area contributed by atoms with Gasteiger partial charge in [0.1, 0.15) is 10.8 Å². The van der Waals surface area contributed by atoms with Crippen LogP contribution in [0.3, 0.4) is 0 Å². The fraction of sp³-hybridized carbons (Fsp3) is 0.462. The first-order chi connectivity index (χ1) is 8.99. The van der Waals surface area contributed by atoms with Crippen LogP contribution in [-0.2, 0) is 6.54 Å². The molecule has 19 heavy (non-hydrogen) atoms. The van der Waals surface area contributed by atoms with Gasteiger partial charge in [0.2, 0.25) is 0 Å². The van der Waals surface area contributed by atoms with E-state index in [0.717, 1.165) is 15.6 Å². The Morgan fingerprint density at radius 3 is 2.79 bits per heavy atom. The van der Waals surface area contributed by atoms with Crippen molar-refractivity contribution in [3.05, 3.63) is 23.5 Å². The molecule has 0 bridgehead atoms. The van der Waals surface area contributed by atoms with Crippen molar-refractivity contribution in [2.45, 2.75) is 32.9 Å². The number of pyridine rings is 1. The Balaban J connectivity index is 2.17. The van der Waals surface area contributed by atoms with Gasteiger partial charge in [-0.2, -0.15) is 0 Å². The quantitative estimate of drug-likeness (QED) is 0.931. The Bertz CT molecular complexity index is 548. The molecule has 0 amide bonds. The predicted molar refractivity (Wildman–Crippen MR) is 76.3 cm³/mol. The fourth-order valence-corrected chi connectivity index (χ4v) is 2.30. The average Bonchev–Trinajstić information content (AvgIpc) is 2.84. The van der Waals surface area contributed by atoms with Crippen molar-refractivity contribution in [1.29, 1.82) is 0 Å². The number of nitrogens with one attached hydrogen (secondary N) is 1. The van der Waals surface area contributed by atoms with Crippen LogP contribution in [0.1, 0.15) is 25.8 Å². The van der Waals surface area contributed by atoms with E-state index in [-0.39, 0.29) is 5.54 Å². The van der Waals surface area contributed by atoms with Crippen LogP contribution in [0.15, 0.2) is 18.5 Å². The Kier molecular flexibility index (Phi) is 4.11. The van der Waals surface area contributed by atoms with Crippen LogP contribution >= 0.6 is 11.3 Å². The topological polar surface area (TPSA) is 59.9 Å². The van der Waals surface area contributed by atoms with E-state index in [0.29, 0.717) is 12.3 Å². The lowest BCUT2D eigenvalue weighted by atomic mass is 10.1. The summed E-state index contributed by atoms with van der Waals surface area (Å²) in [5, 5.41) is 13.6. The number of hydrogen-bond acceptors (Lipinski definition) is 6. The minimum Gasteiger partial charge on any atom is -0.494 e. The van der Waals surface area contributed by atoms with Crippen LogP contribution in [0.25, 0.3) is 10.6 Å². The molecule has 0 aliphatic carbocycles. The van der Waals surface area contributed by atoms with Crippen molar-refractivity contribution in [1.82, 2.24) is 20.5 Å². The SMILES string of the molecule is COc1cnccc1-c1nnc(CNC(C)(C)C)s1. The number of rotatable bonds is 4. The van der Waals surface area contributed by atoms with E-state index in [1.54, 1.807) is 30.8 Å². The maximum absolute atomic E-state index is 5.28. The van der Waals surface area contributed by atoms with Gasteiger partial charge in [-0.05, 0) is 26.8 Å². The molecule has 0 saturated heterocycles. The Morgan fingerprint density at radius 2 is 2.11 bits per heavy atom. The summed E-state index contributed by atoms with van der Waals surface area (Å²) in [6.07, 6.45) is 3.41. The van der Waals surface area contributed by atoms with Crippen LogP contribution in [-0.4, -0.2) is 27.8 Å². The summed E-state index contributed by atoms with van der Waals surface area (Å²) in [5.41, 5.74) is 0.997. The molecule has 0 radical (unpaired) electrons. The van der Waals surface area contributed by atoms with Crippen LogP contribution in [0, 0.1) is 0 Å². The smallest absolute Gasteiger partial charge is 0.151 e. The summed E-state index contributed by atoms with van der Waals surface area (Å²) in [6.45, 7) is 7.09. The molecule has 0 atom stereocenters.